The average molecular weight is 469 g/mol. The molecule has 0 spiro atoms. The van der Waals surface area contributed by atoms with Gasteiger partial charge in [-0.15, -0.1) is 0 Å². The number of amides is 1. The number of hydrogen-bond acceptors (Lipinski definition) is 4. The molecule has 4 fully saturated rings. The van der Waals surface area contributed by atoms with E-state index in [0.717, 1.165) is 22.1 Å². The molecule has 6 nitrogen and oxygen atoms in total. The minimum Gasteiger partial charge on any atom is -0.495 e. The predicted octanol–water partition coefficient (Wildman–Crippen LogP) is 4.22. The molecule has 0 heterocycles. The van der Waals surface area contributed by atoms with Gasteiger partial charge in [-0.05, 0) is 86.0 Å². The second-order valence-corrected chi connectivity index (χ2v) is 12.1. The van der Waals surface area contributed by atoms with Gasteiger partial charge in [-0.25, -0.2) is 8.42 Å². The van der Waals surface area contributed by atoms with E-state index in [2.05, 4.69) is 5.32 Å². The molecule has 176 valence electrons. The van der Waals surface area contributed by atoms with Crippen LogP contribution in [0.4, 0.5) is 5.69 Å². The second-order valence-electron chi connectivity index (χ2n) is 10.2. The van der Waals surface area contributed by atoms with E-state index in [1.807, 2.05) is 0 Å². The van der Waals surface area contributed by atoms with Crippen LogP contribution in [-0.4, -0.2) is 34.5 Å². The summed E-state index contributed by atoms with van der Waals surface area (Å²) in [6.45, 7) is 0.352. The van der Waals surface area contributed by atoms with Crippen molar-refractivity contribution in [3.8, 4) is 5.75 Å². The Balaban J connectivity index is 1.37. The van der Waals surface area contributed by atoms with Crippen LogP contribution < -0.4 is 14.4 Å². The minimum atomic E-state index is -3.95. The number of hydrogen-bond donors (Lipinski definition) is 1. The number of anilines is 1. The number of methoxy groups -OCH3 is 1. The third kappa shape index (κ3) is 4.35. The van der Waals surface area contributed by atoms with Crippen molar-refractivity contribution in [2.45, 2.75) is 43.4 Å². The highest BCUT2D eigenvalue weighted by atomic mass is 32.2. The van der Waals surface area contributed by atoms with Gasteiger partial charge in [0.2, 0.25) is 5.91 Å². The Hall–Kier alpha value is -2.54. The van der Waals surface area contributed by atoms with Gasteiger partial charge >= 0.3 is 0 Å². The van der Waals surface area contributed by atoms with Crippen molar-refractivity contribution in [3.05, 3.63) is 54.6 Å². The van der Waals surface area contributed by atoms with Crippen LogP contribution in [0.3, 0.4) is 0 Å². The number of sulfonamides is 1. The number of carbonyl (C=O) groups is 1. The first-order chi connectivity index (χ1) is 15.9. The highest BCUT2D eigenvalue weighted by Gasteiger charge is 2.50. The Kier molecular flexibility index (Phi) is 5.85. The quantitative estimate of drug-likeness (QED) is 0.629. The van der Waals surface area contributed by atoms with Crippen LogP contribution >= 0.6 is 0 Å². The van der Waals surface area contributed by atoms with Crippen LogP contribution in [0.15, 0.2) is 59.5 Å². The molecular weight excluding hydrogens is 436 g/mol. The van der Waals surface area contributed by atoms with Gasteiger partial charge in [-0.2, -0.15) is 0 Å². The van der Waals surface area contributed by atoms with Crippen molar-refractivity contribution >= 4 is 21.6 Å². The molecule has 4 saturated carbocycles. The van der Waals surface area contributed by atoms with Crippen LogP contribution in [0.25, 0.3) is 0 Å². The van der Waals surface area contributed by atoms with E-state index < -0.39 is 10.0 Å². The molecule has 4 aliphatic carbocycles. The summed E-state index contributed by atoms with van der Waals surface area (Å²) in [6.07, 6.45) is 7.63. The SMILES string of the molecule is COc1ccccc1N(CC(=O)NCC12CC3CC(CC(C3)C1)C2)S(=O)(=O)c1ccccc1. The molecule has 4 bridgehead atoms. The first kappa shape index (κ1) is 22.3. The number of ether oxygens (including phenoxy) is 1. The first-order valence-electron chi connectivity index (χ1n) is 11.9. The molecule has 33 heavy (non-hydrogen) atoms. The molecule has 0 saturated heterocycles. The van der Waals surface area contributed by atoms with Gasteiger partial charge in [0.25, 0.3) is 10.0 Å². The van der Waals surface area contributed by atoms with Crippen LogP contribution in [0, 0.1) is 23.2 Å². The summed E-state index contributed by atoms with van der Waals surface area (Å²) in [6, 6.07) is 15.1. The molecule has 6 rings (SSSR count). The topological polar surface area (TPSA) is 75.7 Å². The first-order valence-corrected chi connectivity index (χ1v) is 13.3. The molecular formula is C26H32N2O4S. The molecule has 1 N–H and O–H groups in total. The number of nitrogens with one attached hydrogen (secondary N) is 1. The molecule has 0 unspecified atom stereocenters. The van der Waals surface area contributed by atoms with Crippen LogP contribution in [-0.2, 0) is 14.8 Å². The monoisotopic (exact) mass is 468 g/mol. The number of nitrogens with zero attached hydrogens (tertiary/aromatic N) is 1. The fourth-order valence-corrected chi connectivity index (χ4v) is 8.29. The molecule has 0 aliphatic heterocycles. The van der Waals surface area contributed by atoms with E-state index in [1.165, 1.54) is 45.6 Å². The summed E-state index contributed by atoms with van der Waals surface area (Å²) < 4.78 is 33.7. The number of benzene rings is 2. The molecule has 0 atom stereocenters. The summed E-state index contributed by atoms with van der Waals surface area (Å²) >= 11 is 0. The highest BCUT2D eigenvalue weighted by molar-refractivity contribution is 7.92. The van der Waals surface area contributed by atoms with Crippen LogP contribution in [0.2, 0.25) is 0 Å². The number of rotatable bonds is 8. The third-order valence-corrected chi connectivity index (χ3v) is 9.57. The zero-order chi connectivity index (χ0) is 23.1. The Labute approximate surface area is 196 Å². The largest absolute Gasteiger partial charge is 0.495 e. The lowest BCUT2D eigenvalue weighted by Gasteiger charge is -2.56. The summed E-state index contributed by atoms with van der Waals surface area (Å²) in [4.78, 5) is 13.3. The summed E-state index contributed by atoms with van der Waals surface area (Å²) in [5, 5.41) is 3.12. The molecule has 2 aromatic rings. The molecule has 0 aromatic heterocycles. The van der Waals surface area contributed by atoms with Crippen molar-refractivity contribution in [2.24, 2.45) is 23.2 Å². The predicted molar refractivity (Wildman–Crippen MR) is 128 cm³/mol. The molecule has 7 heteroatoms. The van der Waals surface area contributed by atoms with Crippen molar-refractivity contribution in [1.82, 2.24) is 5.32 Å². The lowest BCUT2D eigenvalue weighted by Crippen LogP contribution is -2.52. The normalized spacial score (nSPS) is 27.8. The zero-order valence-electron chi connectivity index (χ0n) is 19.1. The maximum atomic E-state index is 13.6. The minimum absolute atomic E-state index is 0.143. The smallest absolute Gasteiger partial charge is 0.264 e. The second kappa shape index (κ2) is 8.67. The fourth-order valence-electron chi connectivity index (χ4n) is 6.83. The maximum Gasteiger partial charge on any atom is 0.264 e. The van der Waals surface area contributed by atoms with Crippen molar-refractivity contribution in [3.63, 3.8) is 0 Å². The van der Waals surface area contributed by atoms with Gasteiger partial charge < -0.3 is 10.1 Å². The Morgan fingerprint density at radius 3 is 2.15 bits per heavy atom. The number of carbonyl (C=O) groups excluding carboxylic acids is 1. The maximum absolute atomic E-state index is 13.6. The Morgan fingerprint density at radius 1 is 0.970 bits per heavy atom. The fraction of sp³-hybridized carbons (Fsp3) is 0.500. The van der Waals surface area contributed by atoms with Crippen molar-refractivity contribution < 1.29 is 17.9 Å². The molecule has 1 amide bonds. The lowest BCUT2D eigenvalue weighted by molar-refractivity contribution is -0.121. The van der Waals surface area contributed by atoms with Crippen molar-refractivity contribution in [1.29, 1.82) is 0 Å². The Morgan fingerprint density at radius 2 is 1.55 bits per heavy atom. The van der Waals surface area contributed by atoms with Crippen LogP contribution in [0.5, 0.6) is 5.75 Å². The van der Waals surface area contributed by atoms with Gasteiger partial charge in [0, 0.05) is 6.54 Å². The molecule has 0 radical (unpaired) electrons. The van der Waals surface area contributed by atoms with Gasteiger partial charge in [0.15, 0.2) is 0 Å². The lowest BCUT2D eigenvalue weighted by atomic mass is 9.49. The van der Waals surface area contributed by atoms with E-state index in [9.17, 15) is 13.2 Å². The average Bonchev–Trinajstić information content (AvgIpc) is 2.81. The number of para-hydroxylation sites is 2. The van der Waals surface area contributed by atoms with E-state index in [1.54, 1.807) is 54.6 Å². The highest BCUT2D eigenvalue weighted by Crippen LogP contribution is 2.59. The zero-order valence-corrected chi connectivity index (χ0v) is 19.9. The summed E-state index contributed by atoms with van der Waals surface area (Å²) in [7, 11) is -2.45. The standard InChI is InChI=1S/C26H32N2O4S/c1-32-24-10-6-5-9-23(24)28(33(30,31)22-7-3-2-4-8-22)17-25(29)27-18-26-14-19-11-20(15-26)13-21(12-19)16-26/h2-10,19-21H,11-18H2,1H3,(H,27,29). The Bertz CT molecular complexity index is 1080. The van der Waals surface area contributed by atoms with Gasteiger partial charge in [-0.3, -0.25) is 9.10 Å². The van der Waals surface area contributed by atoms with Crippen molar-refractivity contribution in [2.75, 3.05) is 24.5 Å². The van der Waals surface area contributed by atoms with Gasteiger partial charge in [0.05, 0.1) is 17.7 Å². The van der Waals surface area contributed by atoms with Gasteiger partial charge in [-0.1, -0.05) is 30.3 Å². The van der Waals surface area contributed by atoms with E-state index in [0.29, 0.717) is 18.0 Å². The molecule has 2 aromatic carbocycles. The molecule has 4 aliphatic rings. The summed E-state index contributed by atoms with van der Waals surface area (Å²) in [5.41, 5.74) is 0.548. The summed E-state index contributed by atoms with van der Waals surface area (Å²) in [5.74, 6) is 2.53. The van der Waals surface area contributed by atoms with E-state index >= 15 is 0 Å². The van der Waals surface area contributed by atoms with E-state index in [4.69, 9.17) is 4.74 Å². The van der Waals surface area contributed by atoms with Crippen LogP contribution in [0.1, 0.15) is 38.5 Å². The van der Waals surface area contributed by atoms with E-state index in [-0.39, 0.29) is 22.8 Å². The van der Waals surface area contributed by atoms with Gasteiger partial charge in [0.1, 0.15) is 12.3 Å². The third-order valence-electron chi connectivity index (χ3n) is 7.80.